The van der Waals surface area contributed by atoms with Gasteiger partial charge in [0.05, 0.1) is 28.0 Å². The van der Waals surface area contributed by atoms with Gasteiger partial charge in [-0.05, 0) is 74.2 Å². The van der Waals surface area contributed by atoms with Gasteiger partial charge in [0.1, 0.15) is 0 Å². The molecule has 2 heterocycles. The van der Waals surface area contributed by atoms with Crippen molar-refractivity contribution in [2.75, 3.05) is 0 Å². The van der Waals surface area contributed by atoms with Gasteiger partial charge in [-0.3, -0.25) is 0 Å². The van der Waals surface area contributed by atoms with E-state index in [2.05, 4.69) is 212 Å². The zero-order chi connectivity index (χ0) is 41.7. The van der Waals surface area contributed by atoms with Crippen LogP contribution in [0.25, 0.3) is 89.1 Å². The third-order valence-electron chi connectivity index (χ3n) is 12.8. The van der Waals surface area contributed by atoms with Crippen LogP contribution < -0.4 is 0 Å². The summed E-state index contributed by atoms with van der Waals surface area (Å²) in [6, 6.07) is 84.6. The van der Waals surface area contributed by atoms with Crippen LogP contribution in [0.15, 0.2) is 237 Å². The Morgan fingerprint density at radius 2 is 0.778 bits per heavy atom. The summed E-state index contributed by atoms with van der Waals surface area (Å²) in [5.74, 6) is 0.691. The Kier molecular flexibility index (Phi) is 8.72. The third-order valence-corrected chi connectivity index (χ3v) is 12.8. The number of aromatic nitrogens is 3. The van der Waals surface area contributed by atoms with E-state index in [1.807, 2.05) is 24.3 Å². The molecule has 3 heteroatoms. The summed E-state index contributed by atoms with van der Waals surface area (Å²) < 4.78 is 0. The van der Waals surface area contributed by atoms with E-state index in [1.165, 1.54) is 49.9 Å². The molecule has 11 aromatic rings. The fourth-order valence-corrected chi connectivity index (χ4v) is 9.83. The molecule has 9 aromatic carbocycles. The molecule has 0 aliphatic heterocycles. The maximum Gasteiger partial charge on any atom is 0.160 e. The molecule has 2 aromatic heterocycles. The van der Waals surface area contributed by atoms with Crippen LogP contribution in [0.4, 0.5) is 0 Å². The Morgan fingerprint density at radius 1 is 0.286 bits per heavy atom. The smallest absolute Gasteiger partial charge is 0.160 e. The van der Waals surface area contributed by atoms with E-state index < -0.39 is 5.41 Å². The van der Waals surface area contributed by atoms with Gasteiger partial charge < -0.3 is 0 Å². The molecule has 294 valence electrons. The van der Waals surface area contributed by atoms with Crippen LogP contribution in [0, 0.1) is 0 Å². The summed E-state index contributed by atoms with van der Waals surface area (Å²) in [7, 11) is 0. The van der Waals surface area contributed by atoms with Crippen molar-refractivity contribution >= 4 is 21.7 Å². The fraction of sp³-hybridized carbons (Fsp3) is 0.0167. The second-order valence-corrected chi connectivity index (χ2v) is 16.3. The second-order valence-electron chi connectivity index (χ2n) is 16.3. The molecule has 0 N–H and O–H groups in total. The van der Waals surface area contributed by atoms with Crippen LogP contribution in [-0.2, 0) is 5.41 Å². The highest BCUT2D eigenvalue weighted by molar-refractivity contribution is 6.13. The standard InChI is InChI=1S/C60H39N3/c1-5-17-40(18-6-1)41-29-31-42(32-30-41)56-39-57(63-59(62-56)45-19-7-2-8-20-45)43-33-35-44(36-34-43)58-52-38-54-51(37-50(52)49-26-14-16-28-55(49)61-58)48-25-13-15-27-53(48)60(54,46-21-9-3-10-22-46)47-23-11-4-12-24-47/h1-39H. The van der Waals surface area contributed by atoms with E-state index in [4.69, 9.17) is 15.0 Å². The number of nitrogens with zero attached hydrogens (tertiary/aromatic N) is 3. The van der Waals surface area contributed by atoms with E-state index in [0.29, 0.717) is 5.82 Å². The topological polar surface area (TPSA) is 38.7 Å². The highest BCUT2D eigenvalue weighted by atomic mass is 14.9. The molecule has 0 unspecified atom stereocenters. The molecule has 12 rings (SSSR count). The first-order valence-corrected chi connectivity index (χ1v) is 21.5. The molecule has 0 amide bonds. The summed E-state index contributed by atoms with van der Waals surface area (Å²) in [5.41, 5.74) is 17.1. The lowest BCUT2D eigenvalue weighted by Crippen LogP contribution is -2.28. The minimum atomic E-state index is -0.515. The Balaban J connectivity index is 1.03. The van der Waals surface area contributed by atoms with Crippen LogP contribution in [0.2, 0.25) is 0 Å². The monoisotopic (exact) mass is 801 g/mol. The van der Waals surface area contributed by atoms with Gasteiger partial charge in [0.2, 0.25) is 0 Å². The Labute approximate surface area is 366 Å². The third kappa shape index (κ3) is 6.08. The Bertz CT molecular complexity index is 3420. The minimum absolute atomic E-state index is 0.515. The highest BCUT2D eigenvalue weighted by Crippen LogP contribution is 2.57. The molecular weight excluding hydrogens is 763 g/mol. The molecule has 1 aliphatic carbocycles. The van der Waals surface area contributed by atoms with Gasteiger partial charge in [-0.25, -0.2) is 15.0 Å². The van der Waals surface area contributed by atoms with Crippen LogP contribution in [-0.4, -0.2) is 15.0 Å². The molecule has 63 heavy (non-hydrogen) atoms. The van der Waals surface area contributed by atoms with Crippen molar-refractivity contribution in [2.45, 2.75) is 5.41 Å². The minimum Gasteiger partial charge on any atom is -0.247 e. The zero-order valence-electron chi connectivity index (χ0n) is 34.4. The largest absolute Gasteiger partial charge is 0.247 e. The summed E-state index contributed by atoms with van der Waals surface area (Å²) in [4.78, 5) is 15.7. The van der Waals surface area contributed by atoms with Crippen molar-refractivity contribution in [1.29, 1.82) is 0 Å². The van der Waals surface area contributed by atoms with Crippen molar-refractivity contribution in [1.82, 2.24) is 15.0 Å². The lowest BCUT2D eigenvalue weighted by atomic mass is 9.67. The highest BCUT2D eigenvalue weighted by Gasteiger charge is 2.46. The first-order valence-electron chi connectivity index (χ1n) is 21.5. The van der Waals surface area contributed by atoms with E-state index in [9.17, 15) is 0 Å². The number of para-hydroxylation sites is 1. The predicted molar refractivity (Wildman–Crippen MR) is 259 cm³/mol. The number of benzene rings is 9. The van der Waals surface area contributed by atoms with Crippen molar-refractivity contribution < 1.29 is 0 Å². The average Bonchev–Trinajstić information content (AvgIpc) is 3.66. The Hall–Kier alpha value is -8.27. The number of pyridine rings is 1. The zero-order valence-corrected chi connectivity index (χ0v) is 34.4. The number of hydrogen-bond donors (Lipinski definition) is 0. The Morgan fingerprint density at radius 3 is 1.41 bits per heavy atom. The summed E-state index contributed by atoms with van der Waals surface area (Å²) in [5, 5.41) is 3.46. The van der Waals surface area contributed by atoms with Crippen LogP contribution in [0.3, 0.4) is 0 Å². The predicted octanol–water partition coefficient (Wildman–Crippen LogP) is 14.9. The molecule has 0 atom stereocenters. The van der Waals surface area contributed by atoms with Crippen LogP contribution in [0.1, 0.15) is 22.3 Å². The van der Waals surface area contributed by atoms with Crippen LogP contribution in [0.5, 0.6) is 0 Å². The average molecular weight is 802 g/mol. The van der Waals surface area contributed by atoms with Gasteiger partial charge in [-0.15, -0.1) is 0 Å². The maximum absolute atomic E-state index is 5.45. The number of fused-ring (bicyclic) bond motifs is 6. The van der Waals surface area contributed by atoms with Crippen molar-refractivity contribution in [3.63, 3.8) is 0 Å². The SMILES string of the molecule is c1ccc(-c2ccc(-c3cc(-c4ccc(-c5nc6ccccc6c6cc7c(cc56)C(c5ccccc5)(c5ccccc5)c5ccccc5-7)cc4)nc(-c4ccccc4)n3)cc2)cc1. The number of hydrogen-bond acceptors (Lipinski definition) is 3. The first kappa shape index (κ1) is 36.6. The van der Waals surface area contributed by atoms with E-state index in [1.54, 1.807) is 0 Å². The summed E-state index contributed by atoms with van der Waals surface area (Å²) >= 11 is 0. The van der Waals surface area contributed by atoms with Gasteiger partial charge in [0.25, 0.3) is 0 Å². The molecule has 0 radical (unpaired) electrons. The molecule has 0 spiro atoms. The van der Waals surface area contributed by atoms with Gasteiger partial charge in [-0.1, -0.05) is 212 Å². The fourth-order valence-electron chi connectivity index (χ4n) is 9.83. The molecule has 3 nitrogen and oxygen atoms in total. The van der Waals surface area contributed by atoms with E-state index >= 15 is 0 Å². The van der Waals surface area contributed by atoms with Crippen molar-refractivity contribution in [3.8, 4) is 67.4 Å². The number of rotatable bonds is 7. The van der Waals surface area contributed by atoms with Crippen LogP contribution >= 0.6 is 0 Å². The molecule has 1 aliphatic rings. The summed E-state index contributed by atoms with van der Waals surface area (Å²) in [6.45, 7) is 0. The molecule has 0 saturated heterocycles. The van der Waals surface area contributed by atoms with Gasteiger partial charge in [0, 0.05) is 33.0 Å². The van der Waals surface area contributed by atoms with Gasteiger partial charge in [0.15, 0.2) is 5.82 Å². The first-order chi connectivity index (χ1) is 31.2. The lowest BCUT2D eigenvalue weighted by molar-refractivity contribution is 0.769. The molecule has 0 fully saturated rings. The normalized spacial score (nSPS) is 12.6. The van der Waals surface area contributed by atoms with Crippen molar-refractivity contribution in [3.05, 3.63) is 259 Å². The summed E-state index contributed by atoms with van der Waals surface area (Å²) in [6.07, 6.45) is 0. The maximum atomic E-state index is 5.45. The molecule has 0 saturated carbocycles. The second kappa shape index (κ2) is 15.0. The van der Waals surface area contributed by atoms with Gasteiger partial charge in [-0.2, -0.15) is 0 Å². The lowest BCUT2D eigenvalue weighted by Gasteiger charge is -2.34. The molecular formula is C60H39N3. The quantitative estimate of drug-likeness (QED) is 0.151. The van der Waals surface area contributed by atoms with E-state index in [0.717, 1.165) is 55.6 Å². The van der Waals surface area contributed by atoms with Crippen molar-refractivity contribution in [2.24, 2.45) is 0 Å². The van der Waals surface area contributed by atoms with E-state index in [-0.39, 0.29) is 0 Å². The van der Waals surface area contributed by atoms with Gasteiger partial charge >= 0.3 is 0 Å². The molecule has 0 bridgehead atoms.